The van der Waals surface area contributed by atoms with Crippen LogP contribution >= 0.6 is 0 Å². The van der Waals surface area contributed by atoms with Gasteiger partial charge >= 0.3 is 5.69 Å². The van der Waals surface area contributed by atoms with Gasteiger partial charge in [0.25, 0.3) is 0 Å². The number of aliphatic hydroxyl groups excluding tert-OH is 1. The van der Waals surface area contributed by atoms with Crippen molar-refractivity contribution in [1.29, 1.82) is 0 Å². The Labute approximate surface area is 133 Å². The second kappa shape index (κ2) is 6.17. The highest BCUT2D eigenvalue weighted by atomic mass is 16.3. The van der Waals surface area contributed by atoms with Crippen molar-refractivity contribution in [3.8, 4) is 0 Å². The number of amides is 1. The van der Waals surface area contributed by atoms with Crippen LogP contribution in [0, 0.1) is 5.92 Å². The molecule has 1 saturated heterocycles. The van der Waals surface area contributed by atoms with Crippen LogP contribution in [0.25, 0.3) is 11.0 Å². The second-order valence-electron chi connectivity index (χ2n) is 6.33. The summed E-state index contributed by atoms with van der Waals surface area (Å²) >= 11 is 0. The summed E-state index contributed by atoms with van der Waals surface area (Å²) in [6, 6.07) is 4.91. The Kier molecular flexibility index (Phi) is 4.23. The van der Waals surface area contributed by atoms with Crippen LogP contribution in [0.4, 0.5) is 5.69 Å². The second-order valence-corrected chi connectivity index (χ2v) is 6.33. The fraction of sp³-hybridized carbons (Fsp3) is 0.500. The number of piperidine rings is 1. The first-order valence-corrected chi connectivity index (χ1v) is 7.89. The highest BCUT2D eigenvalue weighted by Gasteiger charge is 2.30. The maximum absolute atomic E-state index is 12.4. The third-order valence-corrected chi connectivity index (χ3v) is 4.66. The van der Waals surface area contributed by atoms with Crippen LogP contribution in [0.1, 0.15) is 20.3 Å². The smallest absolute Gasteiger partial charge is 0.323 e. The summed E-state index contributed by atoms with van der Waals surface area (Å²) in [6.07, 6.45) is 0.496. The molecule has 7 nitrogen and oxygen atoms in total. The Morgan fingerprint density at radius 3 is 2.87 bits per heavy atom. The van der Waals surface area contributed by atoms with Gasteiger partial charge in [0.05, 0.1) is 23.2 Å². The molecule has 0 spiro atoms. The van der Waals surface area contributed by atoms with Crippen LogP contribution in [-0.2, 0) is 4.79 Å². The van der Waals surface area contributed by atoms with E-state index in [2.05, 4.69) is 15.3 Å². The lowest BCUT2D eigenvalue weighted by Crippen LogP contribution is -2.50. The Morgan fingerprint density at radius 2 is 2.13 bits per heavy atom. The number of carbonyl (C=O) groups is 1. The molecule has 3 atom stereocenters. The fourth-order valence-corrected chi connectivity index (χ4v) is 2.95. The quantitative estimate of drug-likeness (QED) is 0.675. The van der Waals surface area contributed by atoms with Crippen LogP contribution in [0.2, 0.25) is 0 Å². The van der Waals surface area contributed by atoms with E-state index in [9.17, 15) is 14.7 Å². The lowest BCUT2D eigenvalue weighted by molar-refractivity contribution is -0.122. The molecule has 1 fully saturated rings. The van der Waals surface area contributed by atoms with Crippen molar-refractivity contribution in [1.82, 2.24) is 14.9 Å². The van der Waals surface area contributed by atoms with E-state index < -0.39 is 0 Å². The number of H-pyrrole nitrogens is 2. The number of aromatic amines is 2. The summed E-state index contributed by atoms with van der Waals surface area (Å²) in [5, 5.41) is 12.8. The van der Waals surface area contributed by atoms with Gasteiger partial charge in [-0.25, -0.2) is 4.79 Å². The number of imidazole rings is 1. The SMILES string of the molecule is CC1CCN(C(C)C(=O)Nc2ccc3[nH]c(=O)[nH]c3c2)CC1O. The molecular weight excluding hydrogens is 296 g/mol. The van der Waals surface area contributed by atoms with Crippen LogP contribution in [0.15, 0.2) is 23.0 Å². The number of hydrogen-bond donors (Lipinski definition) is 4. The lowest BCUT2D eigenvalue weighted by atomic mass is 9.95. The molecule has 2 heterocycles. The molecule has 0 bridgehead atoms. The molecule has 1 aromatic heterocycles. The van der Waals surface area contributed by atoms with E-state index in [0.29, 0.717) is 23.3 Å². The summed E-state index contributed by atoms with van der Waals surface area (Å²) in [5.41, 5.74) is 1.72. The molecule has 2 aromatic rings. The predicted molar refractivity (Wildman–Crippen MR) is 88.4 cm³/mol. The van der Waals surface area contributed by atoms with Crippen molar-refractivity contribution in [3.05, 3.63) is 28.7 Å². The average molecular weight is 318 g/mol. The Morgan fingerprint density at radius 1 is 1.39 bits per heavy atom. The molecule has 0 saturated carbocycles. The molecule has 4 N–H and O–H groups in total. The van der Waals surface area contributed by atoms with Gasteiger partial charge < -0.3 is 20.4 Å². The molecule has 1 aromatic carbocycles. The Bertz CT molecular complexity index is 766. The number of carbonyl (C=O) groups excluding carboxylic acids is 1. The predicted octanol–water partition coefficient (Wildman–Crippen LogP) is 0.886. The van der Waals surface area contributed by atoms with Gasteiger partial charge in [0, 0.05) is 12.2 Å². The van der Waals surface area contributed by atoms with Crippen molar-refractivity contribution in [2.24, 2.45) is 5.92 Å². The largest absolute Gasteiger partial charge is 0.392 e. The number of nitrogens with one attached hydrogen (secondary N) is 3. The van der Waals surface area contributed by atoms with E-state index in [1.165, 1.54) is 0 Å². The van der Waals surface area contributed by atoms with Crippen molar-refractivity contribution < 1.29 is 9.90 Å². The van der Waals surface area contributed by atoms with E-state index in [-0.39, 0.29) is 29.7 Å². The van der Waals surface area contributed by atoms with E-state index >= 15 is 0 Å². The number of hydrogen-bond acceptors (Lipinski definition) is 4. The number of aromatic nitrogens is 2. The number of aliphatic hydroxyl groups is 1. The zero-order valence-corrected chi connectivity index (χ0v) is 13.3. The molecule has 1 amide bonds. The van der Waals surface area contributed by atoms with Gasteiger partial charge in [-0.3, -0.25) is 9.69 Å². The number of benzene rings is 1. The summed E-state index contributed by atoms with van der Waals surface area (Å²) in [4.78, 5) is 31.0. The fourth-order valence-electron chi connectivity index (χ4n) is 2.95. The Hall–Kier alpha value is -2.12. The van der Waals surface area contributed by atoms with Crippen LogP contribution in [-0.4, -0.2) is 51.1 Å². The van der Waals surface area contributed by atoms with Gasteiger partial charge in [-0.1, -0.05) is 6.92 Å². The van der Waals surface area contributed by atoms with E-state index in [1.54, 1.807) is 18.2 Å². The van der Waals surface area contributed by atoms with Gasteiger partial charge in [0.1, 0.15) is 0 Å². The molecule has 7 heteroatoms. The zero-order chi connectivity index (χ0) is 16.6. The highest BCUT2D eigenvalue weighted by Crippen LogP contribution is 2.20. The molecule has 0 aliphatic carbocycles. The molecule has 1 aliphatic rings. The third kappa shape index (κ3) is 3.30. The summed E-state index contributed by atoms with van der Waals surface area (Å²) in [5.74, 6) is 0.151. The summed E-state index contributed by atoms with van der Waals surface area (Å²) < 4.78 is 0. The van der Waals surface area contributed by atoms with Crippen molar-refractivity contribution in [2.45, 2.75) is 32.4 Å². The van der Waals surface area contributed by atoms with Gasteiger partial charge in [-0.15, -0.1) is 0 Å². The molecule has 124 valence electrons. The number of rotatable bonds is 3. The maximum atomic E-state index is 12.4. The van der Waals surface area contributed by atoms with Gasteiger partial charge in [-0.2, -0.15) is 0 Å². The van der Waals surface area contributed by atoms with Crippen molar-refractivity contribution >= 4 is 22.6 Å². The Balaban J connectivity index is 1.68. The monoisotopic (exact) mass is 318 g/mol. The molecule has 3 unspecified atom stereocenters. The van der Waals surface area contributed by atoms with E-state index in [1.807, 2.05) is 18.7 Å². The van der Waals surface area contributed by atoms with Crippen LogP contribution < -0.4 is 11.0 Å². The third-order valence-electron chi connectivity index (χ3n) is 4.66. The summed E-state index contributed by atoms with van der Waals surface area (Å²) in [7, 11) is 0. The van der Waals surface area contributed by atoms with Crippen LogP contribution in [0.5, 0.6) is 0 Å². The number of nitrogens with zero attached hydrogens (tertiary/aromatic N) is 1. The maximum Gasteiger partial charge on any atom is 0.323 e. The van der Waals surface area contributed by atoms with Crippen molar-refractivity contribution in [2.75, 3.05) is 18.4 Å². The normalized spacial score (nSPS) is 23.8. The minimum atomic E-state index is -0.389. The first kappa shape index (κ1) is 15.8. The van der Waals surface area contributed by atoms with E-state index in [4.69, 9.17) is 0 Å². The van der Waals surface area contributed by atoms with Crippen LogP contribution in [0.3, 0.4) is 0 Å². The van der Waals surface area contributed by atoms with Gasteiger partial charge in [-0.05, 0) is 44.0 Å². The zero-order valence-electron chi connectivity index (χ0n) is 13.3. The first-order valence-electron chi connectivity index (χ1n) is 7.89. The number of anilines is 1. The van der Waals surface area contributed by atoms with E-state index in [0.717, 1.165) is 13.0 Å². The number of fused-ring (bicyclic) bond motifs is 1. The minimum Gasteiger partial charge on any atom is -0.392 e. The van der Waals surface area contributed by atoms with Crippen molar-refractivity contribution in [3.63, 3.8) is 0 Å². The number of likely N-dealkylation sites (tertiary alicyclic amines) is 1. The topological polar surface area (TPSA) is 101 Å². The number of β-amino-alcohol motifs (C(OH)–C–C–N with tert-alkyl or cyclic N) is 1. The van der Waals surface area contributed by atoms with Gasteiger partial charge in [0.2, 0.25) is 5.91 Å². The lowest BCUT2D eigenvalue weighted by Gasteiger charge is -2.37. The minimum absolute atomic E-state index is 0.121. The molecular formula is C16H22N4O3. The average Bonchev–Trinajstić information content (AvgIpc) is 2.88. The molecule has 3 rings (SSSR count). The first-order chi connectivity index (χ1) is 10.9. The molecule has 0 radical (unpaired) electrons. The standard InChI is InChI=1S/C16H22N4O3/c1-9-5-6-20(8-14(9)21)10(2)15(22)17-11-3-4-12-13(7-11)19-16(23)18-12/h3-4,7,9-10,14,21H,5-6,8H2,1-2H3,(H,17,22)(H2,18,19,23). The molecule has 23 heavy (non-hydrogen) atoms. The highest BCUT2D eigenvalue weighted by molar-refractivity contribution is 5.96. The molecule has 1 aliphatic heterocycles. The summed E-state index contributed by atoms with van der Waals surface area (Å²) in [6.45, 7) is 5.19. The van der Waals surface area contributed by atoms with Gasteiger partial charge in [0.15, 0.2) is 0 Å².